The summed E-state index contributed by atoms with van der Waals surface area (Å²) < 4.78 is 0. The molecule has 1 unspecified atom stereocenters. The first-order valence-corrected chi connectivity index (χ1v) is 13.7. The molecule has 0 aromatic heterocycles. The van der Waals surface area contributed by atoms with E-state index in [1.165, 1.54) is 17.3 Å². The van der Waals surface area contributed by atoms with E-state index < -0.39 is 0 Å². The summed E-state index contributed by atoms with van der Waals surface area (Å²) in [6, 6.07) is 37.1. The van der Waals surface area contributed by atoms with Gasteiger partial charge in [-0.15, -0.1) is 0 Å². The van der Waals surface area contributed by atoms with Gasteiger partial charge in [0.1, 0.15) is 4.99 Å². The summed E-state index contributed by atoms with van der Waals surface area (Å²) in [6.45, 7) is 2.02. The van der Waals surface area contributed by atoms with Crippen molar-refractivity contribution in [1.29, 1.82) is 0 Å². The van der Waals surface area contributed by atoms with Crippen LogP contribution < -0.4 is 9.91 Å². The lowest BCUT2D eigenvalue weighted by atomic mass is 9.98. The third-order valence-electron chi connectivity index (χ3n) is 6.74. The summed E-state index contributed by atoms with van der Waals surface area (Å²) >= 11 is 6.86. The third kappa shape index (κ3) is 4.80. The van der Waals surface area contributed by atoms with Crippen LogP contribution in [0.2, 0.25) is 0 Å². The smallest absolute Gasteiger partial charge is 0.261 e. The van der Waals surface area contributed by atoms with Crippen molar-refractivity contribution in [2.45, 2.75) is 19.4 Å². The van der Waals surface area contributed by atoms with E-state index in [9.17, 15) is 4.79 Å². The topological polar surface area (TPSA) is 35.9 Å². The summed E-state index contributed by atoms with van der Waals surface area (Å²) in [5, 5.41) is 7.09. The van der Waals surface area contributed by atoms with Crippen molar-refractivity contribution in [3.63, 3.8) is 0 Å². The van der Waals surface area contributed by atoms with Crippen molar-refractivity contribution in [1.82, 2.24) is 0 Å². The molecule has 4 nitrogen and oxygen atoms in total. The van der Waals surface area contributed by atoms with Crippen LogP contribution in [0.3, 0.4) is 0 Å². The molecule has 0 radical (unpaired) electrons. The molecule has 6 heteroatoms. The zero-order chi connectivity index (χ0) is 26.1. The first kappa shape index (κ1) is 24.3. The molecule has 2 aliphatic rings. The number of rotatable bonds is 5. The number of aryl methyl sites for hydroxylation is 1. The summed E-state index contributed by atoms with van der Waals surface area (Å²) in [6.07, 6.45) is 2.82. The van der Waals surface area contributed by atoms with Crippen molar-refractivity contribution in [3.05, 3.63) is 136 Å². The van der Waals surface area contributed by atoms with E-state index in [1.54, 1.807) is 4.90 Å². The number of anilines is 2. The monoisotopic (exact) mass is 531 g/mol. The van der Waals surface area contributed by atoms with Gasteiger partial charge in [0, 0.05) is 6.42 Å². The Labute approximate surface area is 232 Å². The molecule has 38 heavy (non-hydrogen) atoms. The Morgan fingerprint density at radius 2 is 1.47 bits per heavy atom. The lowest BCUT2D eigenvalue weighted by Gasteiger charge is -2.24. The minimum atomic E-state index is -0.0766. The van der Waals surface area contributed by atoms with E-state index in [0.717, 1.165) is 45.1 Å². The second-order valence-corrected chi connectivity index (χ2v) is 10.7. The van der Waals surface area contributed by atoms with Gasteiger partial charge in [0.2, 0.25) is 0 Å². The number of carbonyl (C=O) groups excluding carboxylic acids is 1. The minimum Gasteiger partial charge on any atom is -0.261 e. The molecule has 1 atom stereocenters. The van der Waals surface area contributed by atoms with Crippen molar-refractivity contribution in [2.75, 3.05) is 9.91 Å². The van der Waals surface area contributed by atoms with Gasteiger partial charge in [0.15, 0.2) is 0 Å². The third-order valence-corrected chi connectivity index (χ3v) is 8.16. The highest BCUT2D eigenvalue weighted by molar-refractivity contribution is 8.20. The number of thiocarbonyl (C=S) groups is 1. The number of hydrazone groups is 1. The van der Waals surface area contributed by atoms with Crippen LogP contribution >= 0.6 is 24.0 Å². The fourth-order valence-corrected chi connectivity index (χ4v) is 6.03. The maximum Gasteiger partial charge on any atom is 0.296 e. The molecule has 0 N–H and O–H groups in total. The van der Waals surface area contributed by atoms with E-state index in [2.05, 4.69) is 77.8 Å². The van der Waals surface area contributed by atoms with E-state index in [0.29, 0.717) is 4.99 Å². The van der Waals surface area contributed by atoms with Crippen LogP contribution in [-0.4, -0.2) is 15.9 Å². The molecule has 6 rings (SSSR count). The highest BCUT2D eigenvalue weighted by Crippen LogP contribution is 2.39. The average molecular weight is 532 g/mol. The first-order valence-electron chi connectivity index (χ1n) is 12.5. The second kappa shape index (κ2) is 10.4. The minimum absolute atomic E-state index is 0.0766. The lowest BCUT2D eigenvalue weighted by Crippen LogP contribution is -2.26. The van der Waals surface area contributed by atoms with Crippen molar-refractivity contribution < 1.29 is 4.79 Å². The number of amides is 1. The number of hydrogen-bond donors (Lipinski definition) is 0. The molecule has 0 saturated carbocycles. The van der Waals surface area contributed by atoms with E-state index >= 15 is 0 Å². The van der Waals surface area contributed by atoms with Crippen molar-refractivity contribution in [3.8, 4) is 0 Å². The zero-order valence-electron chi connectivity index (χ0n) is 20.8. The van der Waals surface area contributed by atoms with Gasteiger partial charge in [-0.05, 0) is 65.7 Å². The molecule has 2 heterocycles. The lowest BCUT2D eigenvalue weighted by molar-refractivity contribution is 0.268. The molecule has 0 aliphatic carbocycles. The van der Waals surface area contributed by atoms with Crippen LogP contribution in [0.1, 0.15) is 34.7 Å². The zero-order valence-corrected chi connectivity index (χ0v) is 22.5. The second-order valence-electron chi connectivity index (χ2n) is 9.33. The van der Waals surface area contributed by atoms with Gasteiger partial charge in [-0.3, -0.25) is 14.7 Å². The summed E-state index contributed by atoms with van der Waals surface area (Å²) in [5.41, 5.74) is 7.40. The van der Waals surface area contributed by atoms with Gasteiger partial charge in [0.25, 0.3) is 5.24 Å². The van der Waals surface area contributed by atoms with E-state index in [1.807, 2.05) is 49.4 Å². The van der Waals surface area contributed by atoms with Crippen molar-refractivity contribution >= 4 is 57.4 Å². The molecule has 4 aromatic rings. The molecule has 0 bridgehead atoms. The molecular formula is C32H25N3OS2. The van der Waals surface area contributed by atoms with Gasteiger partial charge in [-0.1, -0.05) is 103 Å². The number of carbonyl (C=O) groups is 1. The van der Waals surface area contributed by atoms with Crippen molar-refractivity contribution in [2.24, 2.45) is 5.10 Å². The fourth-order valence-electron chi connectivity index (χ4n) is 4.75. The Balaban J connectivity index is 1.27. The number of thioether (sulfide) groups is 1. The quantitative estimate of drug-likeness (QED) is 0.191. The molecule has 1 amide bonds. The number of nitrogens with zero attached hydrogens (tertiary/aromatic N) is 3. The Bertz CT molecular complexity index is 1550. The molecule has 2 aliphatic heterocycles. The molecule has 1 fully saturated rings. The summed E-state index contributed by atoms with van der Waals surface area (Å²) in [7, 11) is 0. The summed E-state index contributed by atoms with van der Waals surface area (Å²) in [4.78, 5) is 15.7. The highest BCUT2D eigenvalue weighted by Gasteiger charge is 2.33. The largest absolute Gasteiger partial charge is 0.296 e. The summed E-state index contributed by atoms with van der Waals surface area (Å²) in [5.74, 6) is 0. The predicted octanol–water partition coefficient (Wildman–Crippen LogP) is 8.39. The predicted molar refractivity (Wildman–Crippen MR) is 163 cm³/mol. The van der Waals surface area contributed by atoms with Gasteiger partial charge in [0.05, 0.1) is 28.0 Å². The Hall–Kier alpha value is -4.00. The van der Waals surface area contributed by atoms with Crippen LogP contribution in [0.15, 0.2) is 119 Å². The highest BCUT2D eigenvalue weighted by atomic mass is 32.2. The fraction of sp³-hybridized carbons (Fsp3) is 0.0938. The maximum atomic E-state index is 12.8. The SMILES string of the molecule is Cc1ccc(N2C(=O)S/C(=C\c3ccc(N4N=C(c5ccccc5)CC4c4ccccc4)cc3)C2=S)cc1. The van der Waals surface area contributed by atoms with Crippen LogP contribution in [-0.2, 0) is 0 Å². The molecule has 4 aromatic carbocycles. The van der Waals surface area contributed by atoms with Crippen LogP contribution in [0.25, 0.3) is 6.08 Å². The standard InChI is InChI=1S/C32H25N3OS2/c1-22-12-16-26(17-13-22)34-31(37)30(38-32(34)36)20-23-14-18-27(19-15-23)35-29(25-10-6-3-7-11-25)21-28(33-35)24-8-4-2-5-9-24/h2-20,29H,21H2,1H3/b30-20-. The molecular weight excluding hydrogens is 507 g/mol. The van der Waals surface area contributed by atoms with Crippen LogP contribution in [0.5, 0.6) is 0 Å². The first-order chi connectivity index (χ1) is 18.6. The van der Waals surface area contributed by atoms with Crippen LogP contribution in [0.4, 0.5) is 16.2 Å². The normalized spacial score (nSPS) is 18.4. The Kier molecular flexibility index (Phi) is 6.66. The maximum absolute atomic E-state index is 12.8. The molecule has 1 saturated heterocycles. The Morgan fingerprint density at radius 1 is 0.842 bits per heavy atom. The Morgan fingerprint density at radius 3 is 2.16 bits per heavy atom. The van der Waals surface area contributed by atoms with Gasteiger partial charge in [-0.2, -0.15) is 5.10 Å². The van der Waals surface area contributed by atoms with Gasteiger partial charge < -0.3 is 0 Å². The number of hydrogen-bond acceptors (Lipinski definition) is 5. The van der Waals surface area contributed by atoms with E-state index in [4.69, 9.17) is 17.3 Å². The van der Waals surface area contributed by atoms with Crippen LogP contribution in [0, 0.1) is 6.92 Å². The molecule has 186 valence electrons. The number of benzene rings is 4. The van der Waals surface area contributed by atoms with Gasteiger partial charge >= 0.3 is 0 Å². The average Bonchev–Trinajstić information content (AvgIpc) is 3.52. The van der Waals surface area contributed by atoms with Gasteiger partial charge in [-0.25, -0.2) is 0 Å². The van der Waals surface area contributed by atoms with E-state index in [-0.39, 0.29) is 11.3 Å². The molecule has 0 spiro atoms.